The summed E-state index contributed by atoms with van der Waals surface area (Å²) in [6.45, 7) is 1.87. The van der Waals surface area contributed by atoms with Gasteiger partial charge in [0, 0.05) is 44.2 Å². The molecule has 2 aromatic rings. The summed E-state index contributed by atoms with van der Waals surface area (Å²) in [5.41, 5.74) is 1.15. The fourth-order valence-electron chi connectivity index (χ4n) is 3.78. The number of para-hydroxylation sites is 2. The Labute approximate surface area is 162 Å². The second kappa shape index (κ2) is 8.02. The molecular formula is C20H24N4O4. The number of benzene rings is 1. The predicted octanol–water partition coefficient (Wildman–Crippen LogP) is 1.89. The highest BCUT2D eigenvalue weighted by Gasteiger charge is 2.34. The van der Waals surface area contributed by atoms with Crippen LogP contribution in [-0.4, -0.2) is 48.8 Å². The molecule has 0 saturated carbocycles. The maximum atomic E-state index is 12.6. The highest BCUT2D eigenvalue weighted by Crippen LogP contribution is 2.35. The largest absolute Gasteiger partial charge is 0.495 e. The van der Waals surface area contributed by atoms with Gasteiger partial charge in [-0.2, -0.15) is 0 Å². The Hall–Kier alpha value is -2.87. The van der Waals surface area contributed by atoms with Crippen LogP contribution in [0.15, 0.2) is 35.1 Å². The summed E-state index contributed by atoms with van der Waals surface area (Å²) in [5, 5.41) is 3.29. The van der Waals surface area contributed by atoms with Crippen LogP contribution >= 0.6 is 0 Å². The van der Waals surface area contributed by atoms with Gasteiger partial charge < -0.3 is 19.7 Å². The Balaban J connectivity index is 1.54. The lowest BCUT2D eigenvalue weighted by Crippen LogP contribution is -2.30. The van der Waals surface area contributed by atoms with Crippen LogP contribution < -0.4 is 20.5 Å². The molecule has 0 aliphatic carbocycles. The highest BCUT2D eigenvalue weighted by atomic mass is 16.5. The van der Waals surface area contributed by atoms with Gasteiger partial charge in [0.15, 0.2) is 0 Å². The van der Waals surface area contributed by atoms with Crippen LogP contribution in [-0.2, 0) is 9.53 Å². The maximum absolute atomic E-state index is 12.6. The molecule has 1 aromatic carbocycles. The molecule has 2 N–H and O–H groups in total. The minimum Gasteiger partial charge on any atom is -0.495 e. The first-order valence-corrected chi connectivity index (χ1v) is 9.53. The van der Waals surface area contributed by atoms with Crippen LogP contribution in [0.25, 0.3) is 0 Å². The third-order valence-electron chi connectivity index (χ3n) is 5.24. The van der Waals surface area contributed by atoms with Crippen LogP contribution in [0.5, 0.6) is 5.75 Å². The normalized spacial score (nSPS) is 20.4. The van der Waals surface area contributed by atoms with Crippen molar-refractivity contribution >= 4 is 17.5 Å². The van der Waals surface area contributed by atoms with Crippen molar-refractivity contribution in [3.63, 3.8) is 0 Å². The van der Waals surface area contributed by atoms with E-state index in [4.69, 9.17) is 9.47 Å². The molecule has 0 radical (unpaired) electrons. The molecule has 2 aliphatic rings. The van der Waals surface area contributed by atoms with Crippen molar-refractivity contribution in [1.29, 1.82) is 0 Å². The molecule has 2 fully saturated rings. The number of anilines is 2. The van der Waals surface area contributed by atoms with Crippen LogP contribution in [0.4, 0.5) is 11.6 Å². The summed E-state index contributed by atoms with van der Waals surface area (Å²) in [4.78, 5) is 33.9. The highest BCUT2D eigenvalue weighted by molar-refractivity contribution is 5.97. The third kappa shape index (κ3) is 3.87. The number of ether oxygens (including phenoxy) is 2. The number of aromatic nitrogens is 2. The molecule has 1 amide bonds. The fraction of sp³-hybridized carbons (Fsp3) is 0.450. The smallest absolute Gasteiger partial charge is 0.252 e. The zero-order valence-corrected chi connectivity index (χ0v) is 15.8. The van der Waals surface area contributed by atoms with Gasteiger partial charge in [-0.15, -0.1) is 0 Å². The first-order valence-electron chi connectivity index (χ1n) is 9.53. The van der Waals surface area contributed by atoms with Crippen LogP contribution in [0, 0.1) is 0 Å². The van der Waals surface area contributed by atoms with Crippen LogP contribution in [0.2, 0.25) is 0 Å². The summed E-state index contributed by atoms with van der Waals surface area (Å²) < 4.78 is 10.8. The van der Waals surface area contributed by atoms with Gasteiger partial charge in [-0.3, -0.25) is 14.6 Å². The van der Waals surface area contributed by atoms with Crippen molar-refractivity contribution in [2.45, 2.75) is 31.2 Å². The molecule has 1 atom stereocenters. The van der Waals surface area contributed by atoms with E-state index in [0.717, 1.165) is 18.5 Å². The number of rotatable bonds is 5. The number of hydrogen-bond donors (Lipinski definition) is 2. The minimum atomic E-state index is -0.220. The van der Waals surface area contributed by atoms with E-state index in [-0.39, 0.29) is 23.4 Å². The van der Waals surface area contributed by atoms with E-state index >= 15 is 0 Å². The van der Waals surface area contributed by atoms with Crippen LogP contribution in [0.1, 0.15) is 30.9 Å². The van der Waals surface area contributed by atoms with E-state index in [2.05, 4.69) is 15.3 Å². The van der Waals surface area contributed by atoms with E-state index in [9.17, 15) is 9.59 Å². The maximum Gasteiger partial charge on any atom is 0.252 e. The molecule has 0 bridgehead atoms. The zero-order chi connectivity index (χ0) is 19.5. The van der Waals surface area contributed by atoms with Crippen molar-refractivity contribution in [3.8, 4) is 5.75 Å². The molecule has 8 nitrogen and oxygen atoms in total. The van der Waals surface area contributed by atoms with Gasteiger partial charge in [0.05, 0.1) is 18.5 Å². The van der Waals surface area contributed by atoms with Crippen molar-refractivity contribution in [1.82, 2.24) is 9.97 Å². The molecule has 148 valence electrons. The van der Waals surface area contributed by atoms with E-state index in [0.29, 0.717) is 43.6 Å². The number of nitrogens with one attached hydrogen (secondary N) is 2. The van der Waals surface area contributed by atoms with Gasteiger partial charge in [-0.1, -0.05) is 12.1 Å². The second-order valence-electron chi connectivity index (χ2n) is 7.13. The molecule has 1 unspecified atom stereocenters. The number of methoxy groups -OCH3 is 1. The van der Waals surface area contributed by atoms with E-state index in [1.165, 1.54) is 6.07 Å². The molecule has 2 saturated heterocycles. The predicted molar refractivity (Wildman–Crippen MR) is 105 cm³/mol. The van der Waals surface area contributed by atoms with Gasteiger partial charge in [0.25, 0.3) is 5.56 Å². The summed E-state index contributed by atoms with van der Waals surface area (Å²) in [5.74, 6) is 0.959. The molecule has 28 heavy (non-hydrogen) atoms. The van der Waals surface area contributed by atoms with Crippen molar-refractivity contribution < 1.29 is 14.3 Å². The van der Waals surface area contributed by atoms with E-state index in [1.54, 1.807) is 12.0 Å². The number of amides is 1. The Morgan fingerprint density at radius 1 is 1.25 bits per heavy atom. The molecule has 8 heteroatoms. The molecule has 0 spiro atoms. The monoisotopic (exact) mass is 384 g/mol. The first-order chi connectivity index (χ1) is 13.6. The molecule has 2 aliphatic heterocycles. The van der Waals surface area contributed by atoms with Gasteiger partial charge in [-0.25, -0.2) is 4.98 Å². The quantitative estimate of drug-likeness (QED) is 0.817. The average molecular weight is 384 g/mol. The lowest BCUT2D eigenvalue weighted by atomic mass is 10.0. The van der Waals surface area contributed by atoms with Gasteiger partial charge >= 0.3 is 0 Å². The average Bonchev–Trinajstić information content (AvgIpc) is 3.10. The SMILES string of the molecule is COc1ccccc1N1CC(c2cc(=O)[nH]c(NC3CCOCC3)n2)CC1=O. The van der Waals surface area contributed by atoms with Crippen molar-refractivity contribution in [3.05, 3.63) is 46.4 Å². The van der Waals surface area contributed by atoms with E-state index < -0.39 is 0 Å². The van der Waals surface area contributed by atoms with E-state index in [1.807, 2.05) is 24.3 Å². The van der Waals surface area contributed by atoms with Crippen LogP contribution in [0.3, 0.4) is 0 Å². The van der Waals surface area contributed by atoms with Crippen molar-refractivity contribution in [2.75, 3.05) is 37.1 Å². The molecule has 1 aromatic heterocycles. The molecular weight excluding hydrogens is 360 g/mol. The van der Waals surface area contributed by atoms with Crippen molar-refractivity contribution in [2.24, 2.45) is 0 Å². The first kappa shape index (κ1) is 18.5. The number of H-pyrrole nitrogens is 1. The Morgan fingerprint density at radius 3 is 2.82 bits per heavy atom. The van der Waals surface area contributed by atoms with Gasteiger partial charge in [-0.05, 0) is 25.0 Å². The topological polar surface area (TPSA) is 96.6 Å². The number of carbonyl (C=O) groups is 1. The Morgan fingerprint density at radius 2 is 2.04 bits per heavy atom. The summed E-state index contributed by atoms with van der Waals surface area (Å²) in [7, 11) is 1.59. The lowest BCUT2D eigenvalue weighted by Gasteiger charge is -2.23. The lowest BCUT2D eigenvalue weighted by molar-refractivity contribution is -0.117. The standard InChI is InChI=1S/C20H24N4O4/c1-27-17-5-3-2-4-16(17)24-12-13(10-19(24)26)15-11-18(25)23-20(22-15)21-14-6-8-28-9-7-14/h2-5,11,13-14H,6-10,12H2,1H3,(H2,21,22,23,25). The third-order valence-corrected chi connectivity index (χ3v) is 5.24. The fourth-order valence-corrected chi connectivity index (χ4v) is 3.78. The minimum absolute atomic E-state index is 0.00415. The summed E-state index contributed by atoms with van der Waals surface area (Å²) in [6.07, 6.45) is 2.06. The summed E-state index contributed by atoms with van der Waals surface area (Å²) >= 11 is 0. The number of hydrogen-bond acceptors (Lipinski definition) is 6. The zero-order valence-electron chi connectivity index (χ0n) is 15.8. The second-order valence-corrected chi connectivity index (χ2v) is 7.13. The van der Waals surface area contributed by atoms with Gasteiger partial charge in [0.1, 0.15) is 5.75 Å². The summed E-state index contributed by atoms with van der Waals surface area (Å²) in [6, 6.07) is 9.15. The number of carbonyl (C=O) groups excluding carboxylic acids is 1. The molecule has 4 rings (SSSR count). The number of aromatic amines is 1. The Bertz CT molecular complexity index is 907. The number of nitrogens with zero attached hydrogens (tertiary/aromatic N) is 2. The molecule has 3 heterocycles. The van der Waals surface area contributed by atoms with Gasteiger partial charge in [0.2, 0.25) is 11.9 Å². The Kier molecular flexibility index (Phi) is 5.29.